The molecule has 8 heteroatoms. The summed E-state index contributed by atoms with van der Waals surface area (Å²) in [5, 5.41) is 11.4. The molecule has 1 saturated heterocycles. The zero-order valence-electron chi connectivity index (χ0n) is 15.5. The summed E-state index contributed by atoms with van der Waals surface area (Å²) in [4.78, 5) is 16.4. The molecule has 0 unspecified atom stereocenters. The van der Waals surface area contributed by atoms with Crippen LogP contribution in [0.2, 0.25) is 0 Å². The minimum Gasteiger partial charge on any atom is -0.497 e. The normalized spacial score (nSPS) is 14.0. The standard InChI is InChI=1S/C20H21N5O3/c1-27-16-5-2-4-15(14-16)21-20(26)25-11-9-24(10-12-25)19-8-7-17(22-23-19)18-6-3-13-28-18/h2-8,13-14H,9-12H2,1H3,(H,21,26). The van der Waals surface area contributed by atoms with Gasteiger partial charge >= 0.3 is 6.03 Å². The Bertz CT molecular complexity index is 919. The summed E-state index contributed by atoms with van der Waals surface area (Å²) in [6, 6.07) is 14.7. The molecule has 1 aliphatic rings. The first kappa shape index (κ1) is 17.8. The number of piperazine rings is 1. The number of rotatable bonds is 4. The quantitative estimate of drug-likeness (QED) is 0.750. The van der Waals surface area contributed by atoms with Crippen LogP contribution in [0.3, 0.4) is 0 Å². The molecule has 28 heavy (non-hydrogen) atoms. The van der Waals surface area contributed by atoms with E-state index >= 15 is 0 Å². The van der Waals surface area contributed by atoms with Crippen molar-refractivity contribution in [3.05, 3.63) is 54.8 Å². The second kappa shape index (κ2) is 7.99. The van der Waals surface area contributed by atoms with E-state index in [0.717, 1.165) is 5.82 Å². The van der Waals surface area contributed by atoms with E-state index in [9.17, 15) is 4.79 Å². The van der Waals surface area contributed by atoms with Crippen LogP contribution in [0.4, 0.5) is 16.3 Å². The molecule has 0 bridgehead atoms. The van der Waals surface area contributed by atoms with Gasteiger partial charge in [0.2, 0.25) is 0 Å². The van der Waals surface area contributed by atoms with Crippen molar-refractivity contribution < 1.29 is 13.9 Å². The van der Waals surface area contributed by atoms with Crippen LogP contribution in [0, 0.1) is 0 Å². The van der Waals surface area contributed by atoms with Gasteiger partial charge in [0.05, 0.1) is 13.4 Å². The van der Waals surface area contributed by atoms with Crippen molar-refractivity contribution in [2.75, 3.05) is 43.5 Å². The zero-order chi connectivity index (χ0) is 19.3. The van der Waals surface area contributed by atoms with Crippen molar-refractivity contribution in [3.63, 3.8) is 0 Å². The van der Waals surface area contributed by atoms with Crippen LogP contribution in [0.5, 0.6) is 5.75 Å². The first-order valence-electron chi connectivity index (χ1n) is 9.05. The lowest BCUT2D eigenvalue weighted by Crippen LogP contribution is -2.50. The minimum atomic E-state index is -0.118. The number of carbonyl (C=O) groups is 1. The van der Waals surface area contributed by atoms with Gasteiger partial charge in [-0.15, -0.1) is 10.2 Å². The van der Waals surface area contributed by atoms with Crippen LogP contribution >= 0.6 is 0 Å². The number of nitrogens with zero attached hydrogens (tertiary/aromatic N) is 4. The van der Waals surface area contributed by atoms with E-state index in [2.05, 4.69) is 20.4 Å². The number of benzene rings is 1. The lowest BCUT2D eigenvalue weighted by Gasteiger charge is -2.35. The molecular weight excluding hydrogens is 358 g/mol. The summed E-state index contributed by atoms with van der Waals surface area (Å²) in [5.41, 5.74) is 1.41. The van der Waals surface area contributed by atoms with Gasteiger partial charge in [-0.05, 0) is 36.4 Å². The number of nitrogens with one attached hydrogen (secondary N) is 1. The van der Waals surface area contributed by atoms with Gasteiger partial charge in [0.25, 0.3) is 0 Å². The second-order valence-corrected chi connectivity index (χ2v) is 6.39. The monoisotopic (exact) mass is 379 g/mol. The lowest BCUT2D eigenvalue weighted by atomic mass is 10.3. The highest BCUT2D eigenvalue weighted by atomic mass is 16.5. The van der Waals surface area contributed by atoms with E-state index in [1.807, 2.05) is 42.5 Å². The predicted octanol–water partition coefficient (Wildman–Crippen LogP) is 3.10. The third kappa shape index (κ3) is 3.90. The first-order valence-corrected chi connectivity index (χ1v) is 9.05. The summed E-state index contributed by atoms with van der Waals surface area (Å²) in [6.45, 7) is 2.61. The van der Waals surface area contributed by atoms with Gasteiger partial charge in [-0.1, -0.05) is 6.07 Å². The van der Waals surface area contributed by atoms with Crippen LogP contribution in [0.1, 0.15) is 0 Å². The second-order valence-electron chi connectivity index (χ2n) is 6.39. The number of carbonyl (C=O) groups excluding carboxylic acids is 1. The molecule has 144 valence electrons. The molecule has 1 aliphatic heterocycles. The molecule has 0 radical (unpaired) electrons. The van der Waals surface area contributed by atoms with Crippen molar-refractivity contribution in [2.24, 2.45) is 0 Å². The molecule has 0 saturated carbocycles. The number of furan rings is 1. The Labute approximate surface area is 162 Å². The Morgan fingerprint density at radius 1 is 1.07 bits per heavy atom. The molecule has 1 aromatic carbocycles. The van der Waals surface area contributed by atoms with Crippen molar-refractivity contribution in [2.45, 2.75) is 0 Å². The third-order valence-electron chi connectivity index (χ3n) is 4.64. The van der Waals surface area contributed by atoms with E-state index in [1.54, 1.807) is 24.3 Å². The fraction of sp³-hybridized carbons (Fsp3) is 0.250. The lowest BCUT2D eigenvalue weighted by molar-refractivity contribution is 0.208. The fourth-order valence-electron chi connectivity index (χ4n) is 3.09. The van der Waals surface area contributed by atoms with E-state index in [4.69, 9.17) is 9.15 Å². The van der Waals surface area contributed by atoms with Crippen LogP contribution in [-0.2, 0) is 0 Å². The van der Waals surface area contributed by atoms with Crippen molar-refractivity contribution in [3.8, 4) is 17.2 Å². The third-order valence-corrected chi connectivity index (χ3v) is 4.64. The summed E-state index contributed by atoms with van der Waals surface area (Å²) in [7, 11) is 1.60. The van der Waals surface area contributed by atoms with Crippen LogP contribution in [0.15, 0.2) is 59.2 Å². The summed E-state index contributed by atoms with van der Waals surface area (Å²) in [5.74, 6) is 2.19. The van der Waals surface area contributed by atoms with Crippen LogP contribution in [0.25, 0.3) is 11.5 Å². The van der Waals surface area contributed by atoms with Crippen molar-refractivity contribution in [1.29, 1.82) is 0 Å². The Morgan fingerprint density at radius 3 is 2.61 bits per heavy atom. The number of amides is 2. The summed E-state index contributed by atoms with van der Waals surface area (Å²) >= 11 is 0. The Hall–Kier alpha value is -3.55. The smallest absolute Gasteiger partial charge is 0.321 e. The van der Waals surface area contributed by atoms with Gasteiger partial charge in [0, 0.05) is 37.9 Å². The van der Waals surface area contributed by atoms with Gasteiger partial charge in [-0.25, -0.2) is 4.79 Å². The van der Waals surface area contributed by atoms with Gasteiger partial charge < -0.3 is 24.3 Å². The molecule has 1 fully saturated rings. The highest BCUT2D eigenvalue weighted by Crippen LogP contribution is 2.20. The number of hydrogen-bond donors (Lipinski definition) is 1. The highest BCUT2D eigenvalue weighted by molar-refractivity contribution is 5.89. The number of hydrogen-bond acceptors (Lipinski definition) is 6. The highest BCUT2D eigenvalue weighted by Gasteiger charge is 2.22. The van der Waals surface area contributed by atoms with Crippen molar-refractivity contribution in [1.82, 2.24) is 15.1 Å². The molecule has 3 heterocycles. The number of anilines is 2. The average molecular weight is 379 g/mol. The van der Waals surface area contributed by atoms with E-state index in [0.29, 0.717) is 49.1 Å². The molecule has 0 atom stereocenters. The molecular formula is C20H21N5O3. The van der Waals surface area contributed by atoms with Gasteiger partial charge in [-0.2, -0.15) is 0 Å². The molecule has 2 amide bonds. The number of methoxy groups -OCH3 is 1. The van der Waals surface area contributed by atoms with Crippen LogP contribution in [-0.4, -0.2) is 54.4 Å². The van der Waals surface area contributed by atoms with E-state index in [-0.39, 0.29) is 6.03 Å². The zero-order valence-corrected chi connectivity index (χ0v) is 15.5. The number of aromatic nitrogens is 2. The molecule has 1 N–H and O–H groups in total. The van der Waals surface area contributed by atoms with Gasteiger partial charge in [-0.3, -0.25) is 0 Å². The van der Waals surface area contributed by atoms with Crippen molar-refractivity contribution >= 4 is 17.5 Å². The summed E-state index contributed by atoms with van der Waals surface area (Å²) in [6.07, 6.45) is 1.61. The summed E-state index contributed by atoms with van der Waals surface area (Å²) < 4.78 is 10.5. The maximum absolute atomic E-state index is 12.5. The SMILES string of the molecule is COc1cccc(NC(=O)N2CCN(c3ccc(-c4ccco4)nn3)CC2)c1. The van der Waals surface area contributed by atoms with Gasteiger partial charge in [0.15, 0.2) is 11.6 Å². The maximum Gasteiger partial charge on any atom is 0.321 e. The molecule has 2 aromatic heterocycles. The molecule has 0 aliphatic carbocycles. The number of ether oxygens (including phenoxy) is 1. The predicted molar refractivity (Wildman–Crippen MR) is 106 cm³/mol. The maximum atomic E-state index is 12.5. The number of urea groups is 1. The minimum absolute atomic E-state index is 0.118. The Morgan fingerprint density at radius 2 is 1.93 bits per heavy atom. The first-order chi connectivity index (χ1) is 13.7. The Kier molecular flexibility index (Phi) is 5.09. The van der Waals surface area contributed by atoms with E-state index < -0.39 is 0 Å². The molecule has 8 nitrogen and oxygen atoms in total. The average Bonchev–Trinajstić information content (AvgIpc) is 3.29. The topological polar surface area (TPSA) is 83.7 Å². The van der Waals surface area contributed by atoms with Crippen LogP contribution < -0.4 is 15.0 Å². The molecule has 0 spiro atoms. The Balaban J connectivity index is 1.33. The molecule has 3 aromatic rings. The van der Waals surface area contributed by atoms with Gasteiger partial charge in [0.1, 0.15) is 11.4 Å². The molecule has 4 rings (SSSR count). The van der Waals surface area contributed by atoms with E-state index in [1.165, 1.54) is 0 Å². The largest absolute Gasteiger partial charge is 0.497 e. The fourth-order valence-corrected chi connectivity index (χ4v) is 3.09.